The van der Waals surface area contributed by atoms with E-state index in [0.29, 0.717) is 100 Å². The van der Waals surface area contributed by atoms with Crippen molar-refractivity contribution in [1.29, 1.82) is 0 Å². The summed E-state index contributed by atoms with van der Waals surface area (Å²) < 4.78 is 140. The largest absolute Gasteiger partial charge is 0.481 e. The molecule has 110 heavy (non-hydrogen) atoms. The first-order chi connectivity index (χ1) is 56.9. The van der Waals surface area contributed by atoms with Gasteiger partial charge in [-0.3, -0.25) is 47.9 Å². The molecule has 15 atom stereocenters. The van der Waals surface area contributed by atoms with Crippen LogP contribution in [0.4, 0.5) is 0 Å². The van der Waals surface area contributed by atoms with Gasteiger partial charge in [0.15, 0.2) is 47.5 Å². The summed E-state index contributed by atoms with van der Waals surface area (Å²) in [7, 11) is 0. The molecule has 3 rings (SSSR count). The summed E-state index contributed by atoms with van der Waals surface area (Å²) in [5.41, 5.74) is 0. The Morgan fingerprint density at radius 1 is 0.345 bits per heavy atom. The minimum absolute atomic E-state index is 0.0630. The van der Waals surface area contributed by atoms with Gasteiger partial charge in [0.2, 0.25) is 29.5 Å². The Kier molecular flexibility index (Phi) is 45.5. The summed E-state index contributed by atoms with van der Waals surface area (Å²) in [5.74, 6) is -13.7. The second-order valence-electron chi connectivity index (χ2n) is 32.4. The molecule has 3 unspecified atom stereocenters. The van der Waals surface area contributed by atoms with Gasteiger partial charge in [0.05, 0.1) is 19.1 Å². The molecule has 0 aromatic carbocycles. The number of Topliss-reactive ketones (excluding diaryl/α,β-unsaturated/α-hetero) is 4. The van der Waals surface area contributed by atoms with Crippen molar-refractivity contribution in [3.05, 3.63) is 0 Å². The number of rotatable bonds is 50. The third-order valence-electron chi connectivity index (χ3n) is 17.3. The molecule has 3 aliphatic heterocycles. The smallest absolute Gasteiger partial charge is 0.338 e. The molecule has 0 radical (unpaired) electrons. The number of epoxide rings is 3. The molecule has 0 bridgehead atoms. The summed E-state index contributed by atoms with van der Waals surface area (Å²) in [6.45, 7) is 41.8. The highest BCUT2D eigenvalue weighted by atomic mass is 16.6. The zero-order chi connectivity index (χ0) is 98.3. The van der Waals surface area contributed by atoms with Gasteiger partial charge in [0.1, 0.15) is 12.2 Å². The number of hydrogen-bond acceptors (Lipinski definition) is 17. The first-order valence-corrected chi connectivity index (χ1v) is 40.4. The van der Waals surface area contributed by atoms with Crippen molar-refractivity contribution < 1.29 is 107 Å². The van der Waals surface area contributed by atoms with E-state index in [-0.39, 0.29) is 87.6 Å². The summed E-state index contributed by atoms with van der Waals surface area (Å²) in [6, 6.07) is 0. The quantitative estimate of drug-likeness (QED) is 0.0243. The molecule has 3 fully saturated rings. The van der Waals surface area contributed by atoms with Crippen molar-refractivity contribution in [3.8, 4) is 0 Å². The van der Waals surface area contributed by atoms with E-state index < -0.39 is 163 Å². The van der Waals surface area contributed by atoms with Crippen molar-refractivity contribution >= 4 is 70.6 Å². The maximum atomic E-state index is 12.6. The monoisotopic (exact) mass is 1580 g/mol. The Labute approximate surface area is 687 Å². The lowest BCUT2D eigenvalue weighted by atomic mass is 9.90. The SMILES string of the molecule is [2H]C([2H])([2H])C([2H])(C)C[C@H](CC(=O)[C@H]1O[C@@H]1C(=O)OCC)C(=O)NCCC(C)C.[2H]C([2H])([2H])C([2H])(C)C[C@H](CC(=O)[C@H]1O[C@@H]1C(C)=O)C(=O)NCCC(C)C.[2H]C([2H])([2H])C([2H])(C)C[C@H](CC)C(=O)NCCC(C)C.[2H][C@@](CC(=O)[C@H]1O[C@@H]1C(=O)OCC)(CC(C)C)C(=O)NCCC(C)C.[2H][C@@](CC)(CC(C)C)C(=O)NCCC(C)C.[2H][C@@](CC)(CC(C)C)C(=O)O. The minimum Gasteiger partial charge on any atom is -0.481 e. The Bertz CT molecular complexity index is 3320. The van der Waals surface area contributed by atoms with Crippen LogP contribution in [0.2, 0.25) is 0 Å². The Balaban J connectivity index is -0.00000146. The van der Waals surface area contributed by atoms with Gasteiger partial charge < -0.3 is 55.4 Å². The van der Waals surface area contributed by atoms with Gasteiger partial charge in [-0.2, -0.15) is 0 Å². The topological polar surface area (TPSA) is 341 Å². The van der Waals surface area contributed by atoms with Crippen LogP contribution in [0.1, 0.15) is 323 Å². The van der Waals surface area contributed by atoms with E-state index in [2.05, 4.69) is 82.0 Å². The number of carbonyl (C=O) groups excluding carboxylic acids is 11. The van der Waals surface area contributed by atoms with Crippen LogP contribution in [0.5, 0.6) is 0 Å². The molecule has 0 saturated carbocycles. The molecular weight excluding hydrogens is 1400 g/mol. The van der Waals surface area contributed by atoms with Gasteiger partial charge in [0.25, 0.3) is 0 Å². The van der Waals surface area contributed by atoms with Crippen LogP contribution in [0, 0.1) is 100 Å². The molecule has 23 nitrogen and oxygen atoms in total. The average Bonchev–Trinajstić information content (AvgIpc) is 1.66. The van der Waals surface area contributed by atoms with Gasteiger partial charge in [-0.1, -0.05) is 173 Å². The molecule has 0 aromatic rings. The van der Waals surface area contributed by atoms with E-state index in [1.165, 1.54) is 27.7 Å². The predicted molar refractivity (Wildman–Crippen MR) is 437 cm³/mol. The summed E-state index contributed by atoms with van der Waals surface area (Å²) in [5, 5.41) is 22.6. The molecule has 6 N–H and O–H groups in total. The van der Waals surface area contributed by atoms with Crippen molar-refractivity contribution in [3.63, 3.8) is 0 Å². The number of carboxylic acid groups (broad SMARTS) is 1. The first-order valence-electron chi connectivity index (χ1n) is 47.9. The molecule has 0 aliphatic carbocycles. The molecule has 23 heteroatoms. The molecule has 3 saturated heterocycles. The van der Waals surface area contributed by atoms with Crippen LogP contribution in [0.25, 0.3) is 0 Å². The fourth-order valence-corrected chi connectivity index (χ4v) is 10.9. The number of hydrogen-bond donors (Lipinski definition) is 6. The molecule has 3 heterocycles. The van der Waals surface area contributed by atoms with E-state index in [4.69, 9.17) is 49.4 Å². The fourth-order valence-electron chi connectivity index (χ4n) is 10.9. The number of ketones is 4. The van der Waals surface area contributed by atoms with Crippen molar-refractivity contribution in [1.82, 2.24) is 26.6 Å². The number of carbonyl (C=O) groups is 12. The number of ether oxygens (including phenoxy) is 5. The molecule has 5 amide bonds. The van der Waals surface area contributed by atoms with Crippen LogP contribution < -0.4 is 26.6 Å². The second-order valence-corrected chi connectivity index (χ2v) is 32.4. The standard InChI is InChI=1S/2C18H31NO5.C17H29NO4.2C13H27NO.C8H16O2/c2*1-6-23-18(22)16-15(24-16)14(20)10-13(9-12(4)5)17(21)19-8-7-11(2)3;1-10(2)6-7-18-17(21)13(8-11(3)4)9-14(20)16-15(22-16)12(5)19;2*1-6-12(9-11(4)5)13(15)14-8-7-10(2)3;1-4-7(8(9)10)5-6(2)3/h2*11-13,15-16H,6-10H2,1-5H3,(H,19,21);10-11,13,15-16H,6-9H2,1-5H3,(H,18,21);2*10-12H,6-9H2,1-5H3,(H,14,15);6-7H,4-5H2,1-3H3,(H,9,10)/t13-,15+,16-;13-,15-,16+;13-,15-,16-;2*12-;7-/m011101/s1/i13D;4D3,12D;3D3,11D;12D;4D3,11D;7D/tm;12?,13-,15-,16+;11?,13-,15-,16-;m;11?,12-;m. The number of nitrogens with one attached hydrogen (secondary N) is 5. The van der Waals surface area contributed by atoms with Crippen LogP contribution in [-0.4, -0.2) is 158 Å². The molecular formula is C87H161N5O18. The number of aliphatic carboxylic acids is 1. The van der Waals surface area contributed by atoms with Gasteiger partial charge in [-0.15, -0.1) is 0 Å². The van der Waals surface area contributed by atoms with Gasteiger partial charge in [0, 0.05) is 102 Å². The molecule has 0 spiro atoms. The van der Waals surface area contributed by atoms with E-state index in [1.807, 2.05) is 69.2 Å². The van der Waals surface area contributed by atoms with Crippen molar-refractivity contribution in [2.24, 2.45) is 100 Å². The fraction of sp³-hybridized carbons (Fsp3) is 0.862. The zero-order valence-electron chi connectivity index (χ0n) is 87.2. The van der Waals surface area contributed by atoms with Gasteiger partial charge >= 0.3 is 17.9 Å². The highest BCUT2D eigenvalue weighted by Gasteiger charge is 2.53. The number of amides is 5. The van der Waals surface area contributed by atoms with E-state index in [0.717, 1.165) is 32.1 Å². The van der Waals surface area contributed by atoms with Crippen LogP contribution in [0.3, 0.4) is 0 Å². The maximum Gasteiger partial charge on any atom is 0.338 e. The molecule has 0 aromatic heterocycles. The lowest BCUT2D eigenvalue weighted by molar-refractivity contribution is -0.145. The normalized spacial score (nSPS) is 23.1. The van der Waals surface area contributed by atoms with E-state index in [9.17, 15) is 57.5 Å². The molecule has 3 aliphatic rings. The highest BCUT2D eigenvalue weighted by Crippen LogP contribution is 2.32. The van der Waals surface area contributed by atoms with Crippen LogP contribution in [0.15, 0.2) is 0 Å². The van der Waals surface area contributed by atoms with Crippen LogP contribution >= 0.6 is 0 Å². The lowest BCUT2D eigenvalue weighted by Crippen LogP contribution is -2.35. The predicted octanol–water partition coefficient (Wildman–Crippen LogP) is 14.9. The summed E-state index contributed by atoms with van der Waals surface area (Å²) >= 11 is 0. The van der Waals surface area contributed by atoms with Gasteiger partial charge in [-0.25, -0.2) is 9.59 Å². The average molecular weight is 1580 g/mol. The second kappa shape index (κ2) is 60.9. The Morgan fingerprint density at radius 2 is 0.618 bits per heavy atom. The number of carboxylic acids is 1. The third-order valence-corrected chi connectivity index (χ3v) is 17.3. The van der Waals surface area contributed by atoms with Crippen molar-refractivity contribution in [2.45, 2.75) is 339 Å². The zero-order valence-corrected chi connectivity index (χ0v) is 72.2. The highest BCUT2D eigenvalue weighted by molar-refractivity contribution is 5.98. The number of esters is 2. The van der Waals surface area contributed by atoms with Crippen molar-refractivity contribution in [2.75, 3.05) is 45.9 Å². The van der Waals surface area contributed by atoms with E-state index >= 15 is 0 Å². The van der Waals surface area contributed by atoms with Gasteiger partial charge in [-0.05, 0) is 176 Å². The summed E-state index contributed by atoms with van der Waals surface area (Å²) in [6.07, 6.45) is 0.355. The Morgan fingerprint density at radius 3 is 0.882 bits per heavy atom. The van der Waals surface area contributed by atoms with Crippen LogP contribution in [-0.2, 0) is 81.2 Å². The van der Waals surface area contributed by atoms with E-state index in [1.54, 1.807) is 20.8 Å². The lowest BCUT2D eigenvalue weighted by Gasteiger charge is -2.18. The molecule has 642 valence electrons. The summed E-state index contributed by atoms with van der Waals surface area (Å²) in [4.78, 5) is 144. The maximum absolute atomic E-state index is 12.6. The Hall–Kier alpha value is -5.68. The minimum atomic E-state index is -2.60. The first kappa shape index (κ1) is 82.3. The third kappa shape index (κ3) is 54.9.